The summed E-state index contributed by atoms with van der Waals surface area (Å²) >= 11 is 1.91. The van der Waals surface area contributed by atoms with E-state index in [1.54, 1.807) is 7.11 Å². The minimum Gasteiger partial charge on any atom is -0.412 e. The molecule has 0 spiro atoms. The second-order valence-electron chi connectivity index (χ2n) is 4.86. The van der Waals surface area contributed by atoms with E-state index < -0.39 is 0 Å². The van der Waals surface area contributed by atoms with Crippen molar-refractivity contribution in [2.75, 3.05) is 43.9 Å². The molecule has 0 unspecified atom stereocenters. The SMILES string of the molecule is COCc1nc2c(c(N3CCNCC3)n1)SCCC2.Cl.Cl.O. The van der Waals surface area contributed by atoms with E-state index in [4.69, 9.17) is 9.72 Å². The highest BCUT2D eigenvalue weighted by Crippen LogP contribution is 2.36. The Balaban J connectivity index is 0.00000147. The molecule has 3 rings (SSSR count). The highest BCUT2D eigenvalue weighted by atomic mass is 35.5. The third kappa shape index (κ3) is 4.84. The van der Waals surface area contributed by atoms with Crippen LogP contribution in [0.25, 0.3) is 0 Å². The Morgan fingerprint density at radius 1 is 1.23 bits per heavy atom. The molecule has 2 aliphatic rings. The maximum absolute atomic E-state index is 5.20. The van der Waals surface area contributed by atoms with E-state index in [0.29, 0.717) is 6.61 Å². The largest absolute Gasteiger partial charge is 0.412 e. The monoisotopic (exact) mass is 370 g/mol. The molecular weight excluding hydrogens is 347 g/mol. The third-order valence-corrected chi connectivity index (χ3v) is 4.66. The Morgan fingerprint density at radius 2 is 1.95 bits per heavy atom. The number of piperazine rings is 1. The molecule has 9 heteroatoms. The molecule has 1 aromatic rings. The molecule has 22 heavy (non-hydrogen) atoms. The maximum atomic E-state index is 5.20. The number of fused-ring (bicyclic) bond motifs is 1. The highest BCUT2D eigenvalue weighted by Gasteiger charge is 2.23. The molecule has 3 N–H and O–H groups in total. The number of aryl methyl sites for hydroxylation is 1. The number of rotatable bonds is 3. The minimum atomic E-state index is 0. The number of hydrogen-bond donors (Lipinski definition) is 1. The normalized spacial score (nSPS) is 16.7. The van der Waals surface area contributed by atoms with Crippen LogP contribution in [0, 0.1) is 0 Å². The fourth-order valence-corrected chi connectivity index (χ4v) is 3.66. The summed E-state index contributed by atoms with van der Waals surface area (Å²) in [5.74, 6) is 3.12. The molecule has 3 heterocycles. The van der Waals surface area contributed by atoms with Gasteiger partial charge in [0.15, 0.2) is 5.82 Å². The molecular formula is C13H24Cl2N4O2S. The summed E-state index contributed by atoms with van der Waals surface area (Å²) in [6, 6.07) is 0. The molecule has 0 amide bonds. The molecule has 128 valence electrons. The van der Waals surface area contributed by atoms with Crippen LogP contribution in [-0.2, 0) is 17.8 Å². The van der Waals surface area contributed by atoms with Gasteiger partial charge in [-0.05, 0) is 18.6 Å². The van der Waals surface area contributed by atoms with Gasteiger partial charge in [0.25, 0.3) is 0 Å². The first kappa shape index (κ1) is 21.7. The molecule has 6 nitrogen and oxygen atoms in total. The zero-order chi connectivity index (χ0) is 13.1. The average Bonchev–Trinajstić information content (AvgIpc) is 2.48. The lowest BCUT2D eigenvalue weighted by Crippen LogP contribution is -2.44. The Bertz CT molecular complexity index is 462. The zero-order valence-electron chi connectivity index (χ0n) is 12.6. The van der Waals surface area contributed by atoms with E-state index in [0.717, 1.165) is 44.2 Å². The fraction of sp³-hybridized carbons (Fsp3) is 0.692. The van der Waals surface area contributed by atoms with Gasteiger partial charge in [-0.1, -0.05) is 0 Å². The minimum absolute atomic E-state index is 0. The standard InChI is InChI=1S/C13H20N4OS.2ClH.H2O/c1-18-9-11-15-10-3-2-8-19-12(10)13(16-11)17-6-4-14-5-7-17;;;/h14H,2-9H2,1H3;2*1H;1H2. The van der Waals surface area contributed by atoms with Gasteiger partial charge in [-0.3, -0.25) is 0 Å². The van der Waals surface area contributed by atoms with Crippen LogP contribution in [0.15, 0.2) is 4.90 Å². The van der Waals surface area contributed by atoms with Crippen molar-refractivity contribution in [3.05, 3.63) is 11.5 Å². The van der Waals surface area contributed by atoms with Gasteiger partial charge in [0, 0.05) is 33.3 Å². The number of halogens is 2. The number of hydrogen-bond acceptors (Lipinski definition) is 6. The Kier molecular flexibility index (Phi) is 10.3. The van der Waals surface area contributed by atoms with Crippen LogP contribution in [0.1, 0.15) is 17.9 Å². The summed E-state index contributed by atoms with van der Waals surface area (Å²) in [5.41, 5.74) is 1.21. The van der Waals surface area contributed by atoms with Crippen molar-refractivity contribution < 1.29 is 10.2 Å². The van der Waals surface area contributed by atoms with Crippen LogP contribution in [0.5, 0.6) is 0 Å². The lowest BCUT2D eigenvalue weighted by Gasteiger charge is -2.31. The lowest BCUT2D eigenvalue weighted by atomic mass is 10.2. The fourth-order valence-electron chi connectivity index (χ4n) is 2.55. The van der Waals surface area contributed by atoms with Gasteiger partial charge in [-0.25, -0.2) is 9.97 Å². The van der Waals surface area contributed by atoms with E-state index in [1.807, 2.05) is 11.8 Å². The van der Waals surface area contributed by atoms with Crippen LogP contribution in [-0.4, -0.2) is 54.5 Å². The molecule has 0 aromatic carbocycles. The second-order valence-corrected chi connectivity index (χ2v) is 5.97. The van der Waals surface area contributed by atoms with Gasteiger partial charge in [0.05, 0.1) is 10.6 Å². The molecule has 1 aromatic heterocycles. The van der Waals surface area contributed by atoms with Crippen LogP contribution in [0.3, 0.4) is 0 Å². The first-order valence-electron chi connectivity index (χ1n) is 6.85. The van der Waals surface area contributed by atoms with E-state index in [-0.39, 0.29) is 30.3 Å². The summed E-state index contributed by atoms with van der Waals surface area (Å²) in [5, 5.41) is 3.39. The molecule has 0 atom stereocenters. The molecule has 0 aliphatic carbocycles. The zero-order valence-corrected chi connectivity index (χ0v) is 15.1. The molecule has 1 fully saturated rings. The first-order valence-corrected chi connectivity index (χ1v) is 7.84. The number of nitrogens with zero attached hydrogens (tertiary/aromatic N) is 3. The summed E-state index contributed by atoms with van der Waals surface area (Å²) in [6.07, 6.45) is 2.28. The number of thioether (sulfide) groups is 1. The predicted molar refractivity (Wildman–Crippen MR) is 95.0 cm³/mol. The maximum Gasteiger partial charge on any atom is 0.156 e. The quantitative estimate of drug-likeness (QED) is 0.857. The number of nitrogens with one attached hydrogen (secondary N) is 1. The number of methoxy groups -OCH3 is 1. The lowest BCUT2D eigenvalue weighted by molar-refractivity contribution is 0.177. The molecule has 0 radical (unpaired) electrons. The first-order chi connectivity index (χ1) is 9.38. The topological polar surface area (TPSA) is 81.8 Å². The smallest absolute Gasteiger partial charge is 0.156 e. The van der Waals surface area contributed by atoms with Crippen LogP contribution in [0.2, 0.25) is 0 Å². The summed E-state index contributed by atoms with van der Waals surface area (Å²) in [7, 11) is 1.70. The summed E-state index contributed by atoms with van der Waals surface area (Å²) < 4.78 is 5.20. The van der Waals surface area contributed by atoms with Crippen molar-refractivity contribution in [3.63, 3.8) is 0 Å². The average molecular weight is 371 g/mol. The van der Waals surface area contributed by atoms with Gasteiger partial charge in [0.1, 0.15) is 12.4 Å². The van der Waals surface area contributed by atoms with Gasteiger partial charge in [0.2, 0.25) is 0 Å². The summed E-state index contributed by atoms with van der Waals surface area (Å²) in [4.78, 5) is 13.1. The van der Waals surface area contributed by atoms with Crippen molar-refractivity contribution in [2.45, 2.75) is 24.3 Å². The van der Waals surface area contributed by atoms with Crippen molar-refractivity contribution in [1.82, 2.24) is 15.3 Å². The van der Waals surface area contributed by atoms with E-state index in [2.05, 4.69) is 15.2 Å². The van der Waals surface area contributed by atoms with Gasteiger partial charge in [-0.15, -0.1) is 36.6 Å². The van der Waals surface area contributed by atoms with Crippen LogP contribution < -0.4 is 10.2 Å². The van der Waals surface area contributed by atoms with Crippen molar-refractivity contribution in [2.24, 2.45) is 0 Å². The molecule has 0 bridgehead atoms. The Labute approximate surface area is 147 Å². The van der Waals surface area contributed by atoms with Crippen molar-refractivity contribution in [1.29, 1.82) is 0 Å². The van der Waals surface area contributed by atoms with E-state index in [9.17, 15) is 0 Å². The number of anilines is 1. The second kappa shape index (κ2) is 10.5. The van der Waals surface area contributed by atoms with Crippen LogP contribution >= 0.6 is 36.6 Å². The Hall–Kier alpha value is -0.310. The van der Waals surface area contributed by atoms with Gasteiger partial charge >= 0.3 is 0 Å². The van der Waals surface area contributed by atoms with E-state index >= 15 is 0 Å². The highest BCUT2D eigenvalue weighted by molar-refractivity contribution is 7.99. The molecule has 1 saturated heterocycles. The van der Waals surface area contributed by atoms with Gasteiger partial charge < -0.3 is 20.4 Å². The van der Waals surface area contributed by atoms with Gasteiger partial charge in [-0.2, -0.15) is 0 Å². The third-order valence-electron chi connectivity index (χ3n) is 3.46. The van der Waals surface area contributed by atoms with Crippen LogP contribution in [0.4, 0.5) is 5.82 Å². The summed E-state index contributed by atoms with van der Waals surface area (Å²) in [6.45, 7) is 4.61. The molecule has 2 aliphatic heterocycles. The predicted octanol–water partition coefficient (Wildman–Crippen LogP) is 1.09. The van der Waals surface area contributed by atoms with E-state index in [1.165, 1.54) is 22.8 Å². The Morgan fingerprint density at radius 3 is 2.64 bits per heavy atom. The number of ether oxygens (including phenoxy) is 1. The molecule has 0 saturated carbocycles. The van der Waals surface area contributed by atoms with Crippen molar-refractivity contribution >= 4 is 42.4 Å². The number of aromatic nitrogens is 2. The van der Waals surface area contributed by atoms with Crippen molar-refractivity contribution in [3.8, 4) is 0 Å².